The van der Waals surface area contributed by atoms with Crippen molar-refractivity contribution < 1.29 is 27.8 Å². The summed E-state index contributed by atoms with van der Waals surface area (Å²) in [4.78, 5) is 20.5. The summed E-state index contributed by atoms with van der Waals surface area (Å²) in [5.41, 5.74) is 0.105. The van der Waals surface area contributed by atoms with Crippen LogP contribution in [-0.2, 0) is 15.5 Å². The van der Waals surface area contributed by atoms with E-state index in [0.29, 0.717) is 29.7 Å². The van der Waals surface area contributed by atoms with E-state index in [1.807, 2.05) is 6.92 Å². The second kappa shape index (κ2) is 8.91. The lowest BCUT2D eigenvalue weighted by atomic mass is 9.95. The summed E-state index contributed by atoms with van der Waals surface area (Å²) in [6.45, 7) is 5.60. The smallest absolute Gasteiger partial charge is 0.323 e. The molecule has 1 aromatic carbocycles. The first-order valence-electron chi connectivity index (χ1n) is 9.67. The van der Waals surface area contributed by atoms with Gasteiger partial charge in [0.25, 0.3) is 5.92 Å². The van der Waals surface area contributed by atoms with E-state index in [4.69, 9.17) is 14.2 Å². The summed E-state index contributed by atoms with van der Waals surface area (Å²) in [5.74, 6) is -3.74. The van der Waals surface area contributed by atoms with Crippen molar-refractivity contribution in [2.45, 2.75) is 37.8 Å². The van der Waals surface area contributed by atoms with Crippen LogP contribution >= 0.6 is 0 Å². The highest BCUT2D eigenvalue weighted by Crippen LogP contribution is 2.38. The van der Waals surface area contributed by atoms with E-state index in [1.165, 1.54) is 14.2 Å². The maximum absolute atomic E-state index is 14.8. The molecule has 1 aliphatic heterocycles. The third-order valence-corrected chi connectivity index (χ3v) is 5.22. The van der Waals surface area contributed by atoms with Gasteiger partial charge in [0.2, 0.25) is 5.88 Å². The zero-order chi connectivity index (χ0) is 21.9. The molecule has 9 heteroatoms. The summed E-state index contributed by atoms with van der Waals surface area (Å²) in [7, 11) is 2.81. The molecule has 3 rings (SSSR count). The van der Waals surface area contributed by atoms with Crippen LogP contribution in [-0.4, -0.2) is 48.8 Å². The fourth-order valence-corrected chi connectivity index (χ4v) is 3.66. The number of allylic oxidation sites excluding steroid dienone is 1. The molecule has 0 saturated carbocycles. The maximum atomic E-state index is 14.8. The lowest BCUT2D eigenvalue weighted by Gasteiger charge is -2.24. The molecule has 1 N–H and O–H groups in total. The number of rotatable bonds is 8. The Kier molecular flexibility index (Phi) is 6.50. The molecule has 0 radical (unpaired) electrons. The number of halogens is 2. The molecule has 1 unspecified atom stereocenters. The first-order chi connectivity index (χ1) is 14.3. The van der Waals surface area contributed by atoms with Crippen LogP contribution in [0.1, 0.15) is 25.5 Å². The van der Waals surface area contributed by atoms with Gasteiger partial charge in [-0.3, -0.25) is 4.79 Å². The predicted octanol–water partition coefficient (Wildman–Crippen LogP) is 3.22. The van der Waals surface area contributed by atoms with E-state index in [1.54, 1.807) is 18.2 Å². The summed E-state index contributed by atoms with van der Waals surface area (Å²) in [6.07, 6.45) is 0.563. The number of aromatic nitrogens is 2. The molecule has 0 amide bonds. The molecule has 1 fully saturated rings. The van der Waals surface area contributed by atoms with Crippen LogP contribution in [0.2, 0.25) is 0 Å². The topological polar surface area (TPSA) is 82.6 Å². The number of benzene rings is 1. The number of nitrogens with one attached hydrogen (secondary N) is 1. The summed E-state index contributed by atoms with van der Waals surface area (Å²) >= 11 is 0. The monoisotopic (exact) mass is 421 g/mol. The highest BCUT2D eigenvalue weighted by atomic mass is 19.3. The molecule has 30 heavy (non-hydrogen) atoms. The largest absolute Gasteiger partial charge is 0.497 e. The van der Waals surface area contributed by atoms with E-state index < -0.39 is 36.2 Å². The minimum atomic E-state index is -3.31. The van der Waals surface area contributed by atoms with Crippen LogP contribution in [0.3, 0.4) is 0 Å². The highest BCUT2D eigenvalue weighted by molar-refractivity contribution is 5.77. The van der Waals surface area contributed by atoms with Crippen molar-refractivity contribution in [3.63, 3.8) is 0 Å². The van der Waals surface area contributed by atoms with Crippen molar-refractivity contribution in [2.75, 3.05) is 20.8 Å². The Bertz CT molecular complexity index is 938. The summed E-state index contributed by atoms with van der Waals surface area (Å²) in [6, 6.07) is 4.22. The SMILES string of the molecule is C=CCC(F)(F)c1nc2ccc(OC)cc2nc1OC1CN[C@H](C(=O)OC)[C@@H]1CC. The van der Waals surface area contributed by atoms with Crippen molar-refractivity contribution in [2.24, 2.45) is 5.92 Å². The van der Waals surface area contributed by atoms with Crippen molar-refractivity contribution in [3.05, 3.63) is 36.5 Å². The van der Waals surface area contributed by atoms with Crippen molar-refractivity contribution >= 4 is 17.0 Å². The third-order valence-electron chi connectivity index (χ3n) is 5.22. The van der Waals surface area contributed by atoms with Gasteiger partial charge in [0.15, 0.2) is 5.69 Å². The van der Waals surface area contributed by atoms with Gasteiger partial charge in [0.1, 0.15) is 17.9 Å². The number of nitrogens with zero attached hydrogens (tertiary/aromatic N) is 2. The van der Waals surface area contributed by atoms with E-state index in [2.05, 4.69) is 21.9 Å². The number of carbonyl (C=O) groups is 1. The van der Waals surface area contributed by atoms with Crippen LogP contribution in [0.5, 0.6) is 11.6 Å². The highest BCUT2D eigenvalue weighted by Gasteiger charge is 2.43. The molecule has 1 saturated heterocycles. The second-order valence-electron chi connectivity index (χ2n) is 7.07. The van der Waals surface area contributed by atoms with Crippen molar-refractivity contribution in [3.8, 4) is 11.6 Å². The number of methoxy groups -OCH3 is 2. The average Bonchev–Trinajstić information content (AvgIpc) is 3.14. The lowest BCUT2D eigenvalue weighted by Crippen LogP contribution is -2.37. The quantitative estimate of drug-likeness (QED) is 0.518. The molecule has 0 spiro atoms. The molecule has 0 bridgehead atoms. The number of hydrogen-bond acceptors (Lipinski definition) is 7. The van der Waals surface area contributed by atoms with Crippen LogP contribution in [0.4, 0.5) is 8.78 Å². The number of alkyl halides is 2. The molecule has 1 aliphatic rings. The number of ether oxygens (including phenoxy) is 3. The second-order valence-corrected chi connectivity index (χ2v) is 7.07. The molecule has 3 atom stereocenters. The molecule has 1 aromatic heterocycles. The van der Waals surface area contributed by atoms with Gasteiger partial charge in [-0.2, -0.15) is 8.78 Å². The van der Waals surface area contributed by atoms with E-state index in [9.17, 15) is 13.6 Å². The van der Waals surface area contributed by atoms with Gasteiger partial charge < -0.3 is 19.5 Å². The van der Waals surface area contributed by atoms with Gasteiger partial charge in [0, 0.05) is 24.9 Å². The molecule has 0 aliphatic carbocycles. The molecule has 7 nitrogen and oxygen atoms in total. The Morgan fingerprint density at radius 3 is 2.73 bits per heavy atom. The Hall–Kier alpha value is -2.81. The molecule has 2 aromatic rings. The van der Waals surface area contributed by atoms with E-state index >= 15 is 0 Å². The standard InChI is InChI=1S/C21H25F2N3O4/c1-5-9-21(22,23)18-19(26-15-10-12(28-3)7-8-14(15)25-18)30-16-11-24-17(13(16)6-2)20(27)29-4/h5,7-8,10,13,16-17,24H,1,6,9,11H2,2-4H3/t13-,16?,17+/m1/s1. The van der Waals surface area contributed by atoms with Crippen LogP contribution in [0.15, 0.2) is 30.9 Å². The Labute approximate surface area is 173 Å². The number of carbonyl (C=O) groups excluding carboxylic acids is 1. The van der Waals surface area contributed by atoms with Gasteiger partial charge in [0.05, 0.1) is 25.3 Å². The predicted molar refractivity (Wildman–Crippen MR) is 107 cm³/mol. The maximum Gasteiger partial charge on any atom is 0.323 e. The van der Waals surface area contributed by atoms with Crippen LogP contribution in [0.25, 0.3) is 11.0 Å². The number of hydrogen-bond donors (Lipinski definition) is 1. The molecule has 2 heterocycles. The van der Waals surface area contributed by atoms with E-state index in [0.717, 1.165) is 6.08 Å². The number of fused-ring (bicyclic) bond motifs is 1. The molecular weight excluding hydrogens is 396 g/mol. The van der Waals surface area contributed by atoms with Gasteiger partial charge >= 0.3 is 5.97 Å². The van der Waals surface area contributed by atoms with Gasteiger partial charge in [-0.25, -0.2) is 9.97 Å². The molecule has 162 valence electrons. The first-order valence-corrected chi connectivity index (χ1v) is 9.67. The van der Waals surface area contributed by atoms with Gasteiger partial charge in [-0.05, 0) is 18.6 Å². The van der Waals surface area contributed by atoms with Crippen LogP contribution < -0.4 is 14.8 Å². The normalized spacial score (nSPS) is 21.4. The first kappa shape index (κ1) is 21.9. The minimum Gasteiger partial charge on any atom is -0.497 e. The van der Waals surface area contributed by atoms with Crippen molar-refractivity contribution in [1.29, 1.82) is 0 Å². The zero-order valence-electron chi connectivity index (χ0n) is 17.2. The summed E-state index contributed by atoms with van der Waals surface area (Å²) in [5, 5.41) is 3.05. The average molecular weight is 421 g/mol. The fraction of sp³-hybridized carbons (Fsp3) is 0.476. The molecular formula is C21H25F2N3O4. The van der Waals surface area contributed by atoms with Crippen molar-refractivity contribution in [1.82, 2.24) is 15.3 Å². The third kappa shape index (κ3) is 4.21. The lowest BCUT2D eigenvalue weighted by molar-refractivity contribution is -0.144. The Balaban J connectivity index is 2.03. The number of esters is 1. The minimum absolute atomic E-state index is 0.263. The Morgan fingerprint density at radius 2 is 2.10 bits per heavy atom. The van der Waals surface area contributed by atoms with E-state index in [-0.39, 0.29) is 11.8 Å². The fourth-order valence-electron chi connectivity index (χ4n) is 3.66. The van der Waals surface area contributed by atoms with Gasteiger partial charge in [-0.1, -0.05) is 13.0 Å². The zero-order valence-corrected chi connectivity index (χ0v) is 17.2. The van der Waals surface area contributed by atoms with Crippen LogP contribution in [0, 0.1) is 5.92 Å². The van der Waals surface area contributed by atoms with Gasteiger partial charge in [-0.15, -0.1) is 6.58 Å². The summed E-state index contributed by atoms with van der Waals surface area (Å²) < 4.78 is 45.6. The Morgan fingerprint density at radius 1 is 1.33 bits per heavy atom.